The largest absolute Gasteiger partial charge is 0.462 e. The SMILES string of the molecule is C=C(C)COCCCCc1c(CCCCOC(=O)C(=C)C)ccc2cc(-c3ccc(OC(=O)C(=C)C)cc3)c(=O)oc12. The summed E-state index contributed by atoms with van der Waals surface area (Å²) in [6, 6.07) is 12.6. The summed E-state index contributed by atoms with van der Waals surface area (Å²) in [7, 11) is 0. The van der Waals surface area contributed by atoms with Crippen molar-refractivity contribution in [2.75, 3.05) is 19.8 Å². The minimum absolute atomic E-state index is 0.301. The van der Waals surface area contributed by atoms with Crippen molar-refractivity contribution in [2.24, 2.45) is 0 Å². The molecule has 0 aliphatic carbocycles. The lowest BCUT2D eigenvalue weighted by molar-refractivity contribution is -0.139. The van der Waals surface area contributed by atoms with E-state index in [4.69, 9.17) is 18.6 Å². The molecule has 1 aromatic heterocycles. The molecule has 3 rings (SSSR count). The van der Waals surface area contributed by atoms with E-state index < -0.39 is 11.6 Å². The summed E-state index contributed by atoms with van der Waals surface area (Å²) in [6.07, 6.45) is 4.76. The number of hydrogen-bond acceptors (Lipinski definition) is 7. The first-order chi connectivity index (χ1) is 20.1. The highest BCUT2D eigenvalue weighted by atomic mass is 16.5. The van der Waals surface area contributed by atoms with Crippen molar-refractivity contribution < 1.29 is 28.2 Å². The number of carbonyl (C=O) groups excluding carboxylic acids is 2. The molecule has 0 bridgehead atoms. The zero-order valence-electron chi connectivity index (χ0n) is 24.9. The van der Waals surface area contributed by atoms with E-state index in [1.54, 1.807) is 38.1 Å². The first kappa shape index (κ1) is 32.3. The number of unbranched alkanes of at least 4 members (excludes halogenated alkanes) is 2. The van der Waals surface area contributed by atoms with Crippen molar-refractivity contribution in [3.05, 3.63) is 100 Å². The Morgan fingerprint density at radius 1 is 0.810 bits per heavy atom. The van der Waals surface area contributed by atoms with E-state index in [2.05, 4.69) is 25.8 Å². The molecule has 0 unspecified atom stereocenters. The molecule has 0 saturated heterocycles. The van der Waals surface area contributed by atoms with Crippen molar-refractivity contribution in [1.82, 2.24) is 0 Å². The minimum Gasteiger partial charge on any atom is -0.462 e. The second kappa shape index (κ2) is 15.7. The quantitative estimate of drug-likeness (QED) is 0.0444. The normalized spacial score (nSPS) is 10.8. The fraction of sp³-hybridized carbons (Fsp3) is 0.343. The van der Waals surface area contributed by atoms with Gasteiger partial charge in [0.05, 0.1) is 18.8 Å². The summed E-state index contributed by atoms with van der Waals surface area (Å²) in [5, 5.41) is 0.829. The lowest BCUT2D eigenvalue weighted by atomic mass is 9.94. The van der Waals surface area contributed by atoms with E-state index in [0.717, 1.165) is 54.2 Å². The Balaban J connectivity index is 1.82. The molecule has 42 heavy (non-hydrogen) atoms. The third-order valence-corrected chi connectivity index (χ3v) is 6.56. The Hall–Kier alpha value is -4.23. The van der Waals surface area contributed by atoms with Gasteiger partial charge in [0.2, 0.25) is 0 Å². The van der Waals surface area contributed by atoms with Gasteiger partial charge in [-0.25, -0.2) is 14.4 Å². The van der Waals surface area contributed by atoms with Crippen LogP contribution in [-0.2, 0) is 31.9 Å². The van der Waals surface area contributed by atoms with Gasteiger partial charge in [0.15, 0.2) is 0 Å². The van der Waals surface area contributed by atoms with Gasteiger partial charge in [0.25, 0.3) is 0 Å². The van der Waals surface area contributed by atoms with Crippen molar-refractivity contribution in [1.29, 1.82) is 0 Å². The monoisotopic (exact) mass is 572 g/mol. The maximum Gasteiger partial charge on any atom is 0.344 e. The highest BCUT2D eigenvalue weighted by Crippen LogP contribution is 2.29. The van der Waals surface area contributed by atoms with Crippen molar-refractivity contribution in [2.45, 2.75) is 59.3 Å². The van der Waals surface area contributed by atoms with Gasteiger partial charge >= 0.3 is 17.6 Å². The van der Waals surface area contributed by atoms with Crippen LogP contribution in [0.1, 0.15) is 57.6 Å². The van der Waals surface area contributed by atoms with Crippen LogP contribution in [0.2, 0.25) is 0 Å². The maximum atomic E-state index is 13.2. The molecule has 0 aliphatic rings. The van der Waals surface area contributed by atoms with Crippen LogP contribution in [0.15, 0.2) is 88.1 Å². The Bertz CT molecular complexity index is 1510. The Morgan fingerprint density at radius 3 is 2.14 bits per heavy atom. The van der Waals surface area contributed by atoms with Crippen LogP contribution in [0.3, 0.4) is 0 Å². The standard InChI is InChI=1S/C35H40O7/c1-23(2)22-39-19-9-8-12-30-26(11-7-10-20-40-33(36)24(3)4)13-14-28-21-31(35(38)42-32(28)30)27-15-17-29(18-16-27)41-34(37)25(5)6/h13-18,21H,1,3,5,7-12,19-20,22H2,2,4,6H3. The lowest BCUT2D eigenvalue weighted by Gasteiger charge is -2.14. The number of esters is 2. The van der Waals surface area contributed by atoms with Crippen LogP contribution in [0.25, 0.3) is 22.1 Å². The van der Waals surface area contributed by atoms with E-state index in [9.17, 15) is 14.4 Å². The van der Waals surface area contributed by atoms with Crippen molar-refractivity contribution in [3.8, 4) is 16.9 Å². The van der Waals surface area contributed by atoms with Crippen LogP contribution < -0.4 is 10.4 Å². The molecule has 0 amide bonds. The Labute approximate surface area is 247 Å². The average Bonchev–Trinajstić information content (AvgIpc) is 2.95. The highest BCUT2D eigenvalue weighted by molar-refractivity contribution is 5.89. The van der Waals surface area contributed by atoms with Gasteiger partial charge < -0.3 is 18.6 Å². The highest BCUT2D eigenvalue weighted by Gasteiger charge is 2.15. The van der Waals surface area contributed by atoms with Crippen LogP contribution in [0, 0.1) is 0 Å². The minimum atomic E-state index is -0.508. The third kappa shape index (κ3) is 9.42. The molecule has 0 spiro atoms. The summed E-state index contributed by atoms with van der Waals surface area (Å²) in [5.41, 5.74) is 5.02. The van der Waals surface area contributed by atoms with Gasteiger partial charge in [-0.15, -0.1) is 0 Å². The number of hydrogen-bond donors (Lipinski definition) is 0. The molecule has 222 valence electrons. The number of carbonyl (C=O) groups is 2. The molecule has 2 aromatic carbocycles. The van der Waals surface area contributed by atoms with Gasteiger partial charge in [-0.1, -0.05) is 49.6 Å². The zero-order valence-corrected chi connectivity index (χ0v) is 24.9. The van der Waals surface area contributed by atoms with E-state index >= 15 is 0 Å². The van der Waals surface area contributed by atoms with Gasteiger partial charge in [-0.3, -0.25) is 0 Å². The zero-order chi connectivity index (χ0) is 30.6. The maximum absolute atomic E-state index is 13.2. The van der Waals surface area contributed by atoms with Gasteiger partial charge in [0.1, 0.15) is 11.3 Å². The van der Waals surface area contributed by atoms with Crippen LogP contribution in [0.4, 0.5) is 0 Å². The van der Waals surface area contributed by atoms with Crippen molar-refractivity contribution in [3.63, 3.8) is 0 Å². The van der Waals surface area contributed by atoms with E-state index in [1.807, 2.05) is 19.1 Å². The smallest absolute Gasteiger partial charge is 0.344 e. The molecule has 0 N–H and O–H groups in total. The number of ether oxygens (including phenoxy) is 3. The summed E-state index contributed by atoms with van der Waals surface area (Å²) in [5.74, 6) is -0.521. The second-order valence-corrected chi connectivity index (χ2v) is 10.6. The molecule has 0 aliphatic heterocycles. The predicted octanol–water partition coefficient (Wildman–Crippen LogP) is 7.30. The van der Waals surface area contributed by atoms with Gasteiger partial charge in [-0.05, 0) is 94.2 Å². The topological polar surface area (TPSA) is 92.0 Å². The lowest BCUT2D eigenvalue weighted by Crippen LogP contribution is -2.08. The van der Waals surface area contributed by atoms with Crippen molar-refractivity contribution >= 4 is 22.9 Å². The average molecular weight is 573 g/mol. The third-order valence-electron chi connectivity index (χ3n) is 6.56. The van der Waals surface area contributed by atoms with Crippen LogP contribution in [0.5, 0.6) is 5.75 Å². The molecule has 0 radical (unpaired) electrons. The molecular formula is C35H40O7. The molecule has 7 nitrogen and oxygen atoms in total. The molecule has 7 heteroatoms. The van der Waals surface area contributed by atoms with E-state index in [-0.39, 0.29) is 5.97 Å². The summed E-state index contributed by atoms with van der Waals surface area (Å²) < 4.78 is 22.1. The Kier molecular flexibility index (Phi) is 12.1. The van der Waals surface area contributed by atoms with Crippen LogP contribution in [-0.4, -0.2) is 31.8 Å². The molecule has 0 fully saturated rings. The van der Waals surface area contributed by atoms with Gasteiger partial charge in [0, 0.05) is 23.1 Å². The van der Waals surface area contributed by atoms with E-state index in [1.165, 1.54) is 0 Å². The fourth-order valence-corrected chi connectivity index (χ4v) is 4.35. The summed E-state index contributed by atoms with van der Waals surface area (Å²) in [4.78, 5) is 36.7. The fourth-order valence-electron chi connectivity index (χ4n) is 4.35. The first-order valence-corrected chi connectivity index (χ1v) is 14.2. The van der Waals surface area contributed by atoms with E-state index in [0.29, 0.717) is 59.8 Å². The Morgan fingerprint density at radius 2 is 1.48 bits per heavy atom. The number of rotatable bonds is 16. The summed E-state index contributed by atoms with van der Waals surface area (Å²) in [6.45, 7) is 17.7. The predicted molar refractivity (Wildman–Crippen MR) is 166 cm³/mol. The first-order valence-electron chi connectivity index (χ1n) is 14.2. The van der Waals surface area contributed by atoms with Gasteiger partial charge in [-0.2, -0.15) is 0 Å². The number of aryl methyl sites for hydroxylation is 2. The molecule has 0 atom stereocenters. The second-order valence-electron chi connectivity index (χ2n) is 10.6. The summed E-state index contributed by atoms with van der Waals surface area (Å²) >= 11 is 0. The number of fused-ring (bicyclic) bond motifs is 1. The molecule has 1 heterocycles. The molecule has 0 saturated carbocycles. The van der Waals surface area contributed by atoms with Crippen LogP contribution >= 0.6 is 0 Å². The number of benzene rings is 2. The molecular weight excluding hydrogens is 532 g/mol. The molecule has 3 aromatic rings.